The Labute approximate surface area is 111 Å². The van der Waals surface area contributed by atoms with E-state index in [0.29, 0.717) is 17.8 Å². The lowest BCUT2D eigenvalue weighted by molar-refractivity contribution is 0.602. The molecule has 0 atom stereocenters. The van der Waals surface area contributed by atoms with Crippen molar-refractivity contribution in [3.05, 3.63) is 29.6 Å². The maximum Gasteiger partial charge on any atom is 0.279 e. The summed E-state index contributed by atoms with van der Waals surface area (Å²) in [6.45, 7) is 3.89. The van der Waals surface area contributed by atoms with Crippen molar-refractivity contribution in [3.63, 3.8) is 0 Å². The van der Waals surface area contributed by atoms with Gasteiger partial charge < -0.3 is 0 Å². The largest absolute Gasteiger partial charge is 0.286 e. The molecular weight excluding hydrogens is 272 g/mol. The number of aryl methyl sites for hydroxylation is 2. The van der Waals surface area contributed by atoms with Gasteiger partial charge in [-0.25, -0.2) is 13.4 Å². The fourth-order valence-electron chi connectivity index (χ4n) is 2.03. The molecule has 0 amide bonds. The minimum absolute atomic E-state index is 0.116. The Kier molecular flexibility index (Phi) is 3.64. The minimum Gasteiger partial charge on any atom is -0.286 e. The van der Waals surface area contributed by atoms with Gasteiger partial charge in [0.05, 0.1) is 5.69 Å². The number of hydrogen-bond donors (Lipinski definition) is 0. The smallest absolute Gasteiger partial charge is 0.279 e. The molecule has 98 valence electrons. The minimum atomic E-state index is -3.80. The number of imidazole rings is 1. The molecule has 0 spiro atoms. The molecule has 0 unspecified atom stereocenters. The molecule has 0 aliphatic rings. The van der Waals surface area contributed by atoms with E-state index in [1.807, 2.05) is 19.1 Å². The summed E-state index contributed by atoms with van der Waals surface area (Å²) in [6, 6.07) is 5.48. The lowest BCUT2D eigenvalue weighted by Crippen LogP contribution is -2.03. The zero-order valence-electron chi connectivity index (χ0n) is 10.4. The first kappa shape index (κ1) is 13.4. The van der Waals surface area contributed by atoms with Gasteiger partial charge in [-0.15, -0.1) is 0 Å². The summed E-state index contributed by atoms with van der Waals surface area (Å²) in [4.78, 5) is 4.38. The van der Waals surface area contributed by atoms with E-state index in [0.717, 1.165) is 18.5 Å². The van der Waals surface area contributed by atoms with Crippen molar-refractivity contribution < 1.29 is 8.42 Å². The summed E-state index contributed by atoms with van der Waals surface area (Å²) in [6.07, 6.45) is 2.50. The van der Waals surface area contributed by atoms with Gasteiger partial charge >= 0.3 is 0 Å². The Balaban J connectivity index is 2.75. The van der Waals surface area contributed by atoms with Crippen LogP contribution in [0.3, 0.4) is 0 Å². The molecule has 0 fully saturated rings. The van der Waals surface area contributed by atoms with Crippen molar-refractivity contribution >= 4 is 25.4 Å². The molecule has 2 heterocycles. The van der Waals surface area contributed by atoms with Crippen LogP contribution in [0.4, 0.5) is 0 Å². The molecule has 0 radical (unpaired) electrons. The highest BCUT2D eigenvalue weighted by Crippen LogP contribution is 2.24. The zero-order chi connectivity index (χ0) is 13.3. The highest BCUT2D eigenvalue weighted by Gasteiger charge is 2.23. The van der Waals surface area contributed by atoms with E-state index < -0.39 is 9.05 Å². The van der Waals surface area contributed by atoms with E-state index in [2.05, 4.69) is 11.9 Å². The molecule has 0 aliphatic carbocycles. The summed E-state index contributed by atoms with van der Waals surface area (Å²) >= 11 is 0. The van der Waals surface area contributed by atoms with Gasteiger partial charge in [0.1, 0.15) is 5.65 Å². The van der Waals surface area contributed by atoms with Crippen LogP contribution in [0, 0.1) is 6.92 Å². The molecule has 0 bridgehead atoms. The Morgan fingerprint density at radius 3 is 2.72 bits per heavy atom. The molecular formula is C12H15ClN2O2S. The highest BCUT2D eigenvalue weighted by molar-refractivity contribution is 8.13. The molecule has 0 N–H and O–H groups in total. The number of hydrogen-bond acceptors (Lipinski definition) is 3. The van der Waals surface area contributed by atoms with Crippen LogP contribution in [-0.2, 0) is 15.5 Å². The van der Waals surface area contributed by atoms with Gasteiger partial charge in [-0.1, -0.05) is 19.4 Å². The van der Waals surface area contributed by atoms with Crippen LogP contribution in [0.15, 0.2) is 23.2 Å². The van der Waals surface area contributed by atoms with Crippen LogP contribution in [-0.4, -0.2) is 17.8 Å². The van der Waals surface area contributed by atoms with Crippen LogP contribution >= 0.6 is 10.7 Å². The second-order valence-electron chi connectivity index (χ2n) is 4.27. The number of aromatic nitrogens is 2. The average Bonchev–Trinajstić information content (AvgIpc) is 2.65. The van der Waals surface area contributed by atoms with Gasteiger partial charge in [-0.05, 0) is 31.9 Å². The summed E-state index contributed by atoms with van der Waals surface area (Å²) < 4.78 is 25.1. The summed E-state index contributed by atoms with van der Waals surface area (Å²) in [5.41, 5.74) is 1.99. The Morgan fingerprint density at radius 1 is 1.39 bits per heavy atom. The number of rotatable bonds is 4. The van der Waals surface area contributed by atoms with Gasteiger partial charge in [0.15, 0.2) is 5.03 Å². The first-order valence-corrected chi connectivity index (χ1v) is 8.17. The summed E-state index contributed by atoms with van der Waals surface area (Å²) in [7, 11) is 1.75. The predicted octanol–water partition coefficient (Wildman–Crippen LogP) is 2.91. The van der Waals surface area contributed by atoms with Crippen LogP contribution in [0.1, 0.15) is 31.2 Å². The third kappa shape index (κ3) is 2.37. The highest BCUT2D eigenvalue weighted by atomic mass is 35.7. The van der Waals surface area contributed by atoms with E-state index in [4.69, 9.17) is 10.7 Å². The number of nitrogens with zero attached hydrogens (tertiary/aromatic N) is 2. The van der Waals surface area contributed by atoms with Crippen molar-refractivity contribution in [3.8, 4) is 0 Å². The quantitative estimate of drug-likeness (QED) is 0.812. The van der Waals surface area contributed by atoms with Crippen LogP contribution in [0.2, 0.25) is 0 Å². The SMILES string of the molecule is CCCCc1nc2cccc(C)n2c1S(=O)(=O)Cl. The molecule has 2 aromatic heterocycles. The lowest BCUT2D eigenvalue weighted by atomic mass is 10.2. The average molecular weight is 287 g/mol. The van der Waals surface area contributed by atoms with E-state index in [9.17, 15) is 8.42 Å². The maximum absolute atomic E-state index is 11.7. The summed E-state index contributed by atoms with van der Waals surface area (Å²) in [5, 5.41) is 0.116. The van der Waals surface area contributed by atoms with Crippen molar-refractivity contribution in [2.45, 2.75) is 38.1 Å². The number of halogens is 1. The molecule has 0 saturated carbocycles. The molecule has 18 heavy (non-hydrogen) atoms. The van der Waals surface area contributed by atoms with Crippen molar-refractivity contribution in [2.75, 3.05) is 0 Å². The first-order chi connectivity index (χ1) is 8.45. The van der Waals surface area contributed by atoms with Gasteiger partial charge in [0.25, 0.3) is 9.05 Å². The van der Waals surface area contributed by atoms with Crippen molar-refractivity contribution in [2.24, 2.45) is 0 Å². The molecule has 0 aliphatic heterocycles. The normalized spacial score (nSPS) is 12.2. The fraction of sp³-hybridized carbons (Fsp3) is 0.417. The van der Waals surface area contributed by atoms with E-state index in [1.165, 1.54) is 0 Å². The monoisotopic (exact) mass is 286 g/mol. The van der Waals surface area contributed by atoms with Gasteiger partial charge in [0.2, 0.25) is 0 Å². The number of unbranched alkanes of at least 4 members (excludes halogenated alkanes) is 1. The third-order valence-corrected chi connectivity index (χ3v) is 4.18. The van der Waals surface area contributed by atoms with E-state index in [-0.39, 0.29) is 5.03 Å². The van der Waals surface area contributed by atoms with Gasteiger partial charge in [-0.2, -0.15) is 0 Å². The molecule has 2 aromatic rings. The number of fused-ring (bicyclic) bond motifs is 1. The molecule has 0 aromatic carbocycles. The first-order valence-electron chi connectivity index (χ1n) is 5.86. The van der Waals surface area contributed by atoms with Crippen molar-refractivity contribution in [1.29, 1.82) is 0 Å². The molecule has 2 rings (SSSR count). The molecule has 6 heteroatoms. The third-order valence-electron chi connectivity index (χ3n) is 2.86. The van der Waals surface area contributed by atoms with Crippen LogP contribution < -0.4 is 0 Å². The van der Waals surface area contributed by atoms with Crippen LogP contribution in [0.25, 0.3) is 5.65 Å². The summed E-state index contributed by atoms with van der Waals surface area (Å²) in [5.74, 6) is 0. The van der Waals surface area contributed by atoms with Gasteiger partial charge in [0, 0.05) is 16.4 Å². The lowest BCUT2D eigenvalue weighted by Gasteiger charge is -2.03. The molecule has 4 nitrogen and oxygen atoms in total. The predicted molar refractivity (Wildman–Crippen MR) is 71.6 cm³/mol. The zero-order valence-corrected chi connectivity index (χ0v) is 11.9. The standard InChI is InChI=1S/C12H15ClN2O2S/c1-3-4-7-10-12(18(13,16)17)15-9(2)6-5-8-11(15)14-10/h5-6,8H,3-4,7H2,1-2H3. The maximum atomic E-state index is 11.7. The topological polar surface area (TPSA) is 51.4 Å². The van der Waals surface area contributed by atoms with E-state index >= 15 is 0 Å². The second kappa shape index (κ2) is 4.90. The van der Waals surface area contributed by atoms with E-state index in [1.54, 1.807) is 10.5 Å². The van der Waals surface area contributed by atoms with Gasteiger partial charge in [-0.3, -0.25) is 4.40 Å². The number of pyridine rings is 1. The van der Waals surface area contributed by atoms with Crippen molar-refractivity contribution in [1.82, 2.24) is 9.38 Å². The Bertz CT molecular complexity index is 677. The van der Waals surface area contributed by atoms with Crippen LogP contribution in [0.5, 0.6) is 0 Å². The Morgan fingerprint density at radius 2 is 2.11 bits per heavy atom. The molecule has 0 saturated heterocycles. The Hall–Kier alpha value is -1.07. The second-order valence-corrected chi connectivity index (χ2v) is 6.75. The fourth-order valence-corrected chi connectivity index (χ4v) is 3.39.